The summed E-state index contributed by atoms with van der Waals surface area (Å²) in [6, 6.07) is 0. The summed E-state index contributed by atoms with van der Waals surface area (Å²) in [7, 11) is 2.08. The molecule has 330 valence electrons. The van der Waals surface area contributed by atoms with Gasteiger partial charge in [-0.25, -0.2) is 9.59 Å². The fraction of sp³-hybridized carbons (Fsp3) is 0.816. The zero-order valence-corrected chi connectivity index (χ0v) is 37.4. The van der Waals surface area contributed by atoms with Gasteiger partial charge in [-0.05, 0) is 90.6 Å². The summed E-state index contributed by atoms with van der Waals surface area (Å²) >= 11 is 0. The van der Waals surface area contributed by atoms with Crippen LogP contribution in [0.5, 0.6) is 0 Å². The normalized spacial score (nSPS) is 15.6. The highest BCUT2D eigenvalue weighted by molar-refractivity contribution is 5.82. The lowest BCUT2D eigenvalue weighted by molar-refractivity contribution is -0.148. The van der Waals surface area contributed by atoms with Gasteiger partial charge in [0.15, 0.2) is 0 Å². The van der Waals surface area contributed by atoms with Gasteiger partial charge in [-0.1, -0.05) is 147 Å². The maximum atomic E-state index is 13.1. The molecule has 0 saturated carbocycles. The van der Waals surface area contributed by atoms with Crippen LogP contribution in [0.25, 0.3) is 0 Å². The highest BCUT2D eigenvalue weighted by Crippen LogP contribution is 2.20. The summed E-state index contributed by atoms with van der Waals surface area (Å²) in [6.07, 6.45) is 41.3. The number of rotatable bonds is 37. The number of allylic oxidation sites excluding steroid dienone is 5. The number of piperidine rings is 1. The van der Waals surface area contributed by atoms with Crippen molar-refractivity contribution in [2.75, 3.05) is 46.6 Å². The Balaban J connectivity index is 2.56. The summed E-state index contributed by atoms with van der Waals surface area (Å²) < 4.78 is 22.2. The first-order valence-electron chi connectivity index (χ1n) is 23.7. The van der Waals surface area contributed by atoms with Gasteiger partial charge in [-0.2, -0.15) is 0 Å². The molecule has 0 amide bonds. The first kappa shape index (κ1) is 52.4. The molecule has 2 unspecified atom stereocenters. The molecule has 2 atom stereocenters. The van der Waals surface area contributed by atoms with Crippen LogP contribution in [0, 0.1) is 11.8 Å². The van der Waals surface area contributed by atoms with Gasteiger partial charge in [-0.15, -0.1) is 0 Å². The van der Waals surface area contributed by atoms with Crippen molar-refractivity contribution in [2.24, 2.45) is 11.8 Å². The minimum Gasteiger partial charge on any atom is -0.465 e. The van der Waals surface area contributed by atoms with Crippen molar-refractivity contribution in [3.8, 4) is 0 Å². The van der Waals surface area contributed by atoms with E-state index in [1.165, 1.54) is 83.5 Å². The summed E-state index contributed by atoms with van der Waals surface area (Å²) in [5.74, 6) is -0.854. The zero-order chi connectivity index (χ0) is 41.4. The van der Waals surface area contributed by atoms with Crippen LogP contribution in [0.1, 0.15) is 201 Å². The van der Waals surface area contributed by atoms with E-state index in [1.807, 2.05) is 0 Å². The highest BCUT2D eigenvalue weighted by Gasteiger charge is 2.21. The van der Waals surface area contributed by atoms with Gasteiger partial charge in [0.1, 0.15) is 19.8 Å². The molecule has 8 nitrogen and oxygen atoms in total. The van der Waals surface area contributed by atoms with Crippen molar-refractivity contribution in [2.45, 2.75) is 201 Å². The second-order valence-electron chi connectivity index (χ2n) is 16.6. The van der Waals surface area contributed by atoms with Gasteiger partial charge in [0.2, 0.25) is 0 Å². The molecule has 0 aromatic heterocycles. The molecule has 1 saturated heterocycles. The molecule has 1 fully saturated rings. The topological polar surface area (TPSA) is 91.4 Å². The van der Waals surface area contributed by atoms with Gasteiger partial charge in [0.05, 0.1) is 12.5 Å². The van der Waals surface area contributed by atoms with Crippen LogP contribution in [-0.4, -0.2) is 69.6 Å². The largest absolute Gasteiger partial charge is 0.508 e. The maximum Gasteiger partial charge on any atom is 0.508 e. The number of ether oxygens (including phenoxy) is 4. The van der Waals surface area contributed by atoms with E-state index in [0.29, 0.717) is 13.0 Å². The predicted octanol–water partition coefficient (Wildman–Crippen LogP) is 13.4. The molecule has 57 heavy (non-hydrogen) atoms. The Morgan fingerprint density at radius 2 is 1.11 bits per heavy atom. The van der Waals surface area contributed by atoms with Crippen molar-refractivity contribution < 1.29 is 33.3 Å². The van der Waals surface area contributed by atoms with E-state index in [0.717, 1.165) is 109 Å². The van der Waals surface area contributed by atoms with Crippen molar-refractivity contribution in [3.63, 3.8) is 0 Å². The lowest BCUT2D eigenvalue weighted by Gasteiger charge is -2.29. The molecule has 0 N–H and O–H groups in total. The second-order valence-corrected chi connectivity index (χ2v) is 16.6. The SMILES string of the molecule is CCCCC/C=C\C/C=C\CCCCCCCC(=O)OCC(COC(=O)/C=C(\CCCCCC)CCCCCCCCCC)COC(=O)OCC1CCCN(C)C1. The van der Waals surface area contributed by atoms with Gasteiger partial charge in [0.25, 0.3) is 0 Å². The number of carbonyl (C=O) groups is 3. The smallest absolute Gasteiger partial charge is 0.465 e. The van der Waals surface area contributed by atoms with E-state index < -0.39 is 12.1 Å². The Bertz CT molecular complexity index is 1070. The van der Waals surface area contributed by atoms with Gasteiger partial charge < -0.3 is 23.8 Å². The molecule has 0 aromatic rings. The Hall–Kier alpha value is -2.61. The van der Waals surface area contributed by atoms with Crippen molar-refractivity contribution in [1.29, 1.82) is 0 Å². The first-order valence-corrected chi connectivity index (χ1v) is 23.7. The van der Waals surface area contributed by atoms with Gasteiger partial charge in [0, 0.05) is 25.0 Å². The molecule has 1 aliphatic heterocycles. The lowest BCUT2D eigenvalue weighted by Crippen LogP contribution is -2.35. The quantitative estimate of drug-likeness (QED) is 0.0202. The molecule has 8 heteroatoms. The number of carbonyl (C=O) groups excluding carboxylic acids is 3. The van der Waals surface area contributed by atoms with E-state index in [2.05, 4.69) is 57.0 Å². The van der Waals surface area contributed by atoms with Gasteiger partial charge in [-0.3, -0.25) is 4.79 Å². The Morgan fingerprint density at radius 3 is 1.74 bits per heavy atom. The third-order valence-corrected chi connectivity index (χ3v) is 10.9. The third kappa shape index (κ3) is 34.0. The second kappa shape index (κ2) is 38.9. The van der Waals surface area contributed by atoms with E-state index in [9.17, 15) is 14.4 Å². The average Bonchev–Trinajstić information content (AvgIpc) is 3.20. The van der Waals surface area contributed by atoms with Crippen molar-refractivity contribution >= 4 is 18.1 Å². The molecular formula is C49H87NO7. The molecule has 1 aliphatic rings. The number of likely N-dealkylation sites (tertiary alicyclic amines) is 1. The number of esters is 2. The molecule has 0 spiro atoms. The van der Waals surface area contributed by atoms with Crippen molar-refractivity contribution in [3.05, 3.63) is 36.0 Å². The van der Waals surface area contributed by atoms with E-state index >= 15 is 0 Å². The van der Waals surface area contributed by atoms with E-state index in [1.54, 1.807) is 6.08 Å². The Labute approximate surface area is 350 Å². The number of unbranched alkanes of at least 4 members (excludes halogenated alkanes) is 18. The zero-order valence-electron chi connectivity index (χ0n) is 37.4. The molecule has 1 heterocycles. The Morgan fingerprint density at radius 1 is 0.596 bits per heavy atom. The standard InChI is InChI=1S/C49H87NO7/c1-5-8-11-14-16-18-19-20-21-22-23-24-26-28-31-36-47(51)54-41-46(43-57-49(53)56-40-45-35-32-37-50(4)39-45)42-55-48(52)38-44(33-29-13-10-7-3)34-30-27-25-17-15-12-9-6-2/h16,18,20-21,38,45-46H,5-15,17,19,22-37,39-43H2,1-4H3/b18-16-,21-20-,44-38+. The average molecular weight is 802 g/mol. The van der Waals surface area contributed by atoms with Crippen LogP contribution in [0.2, 0.25) is 0 Å². The van der Waals surface area contributed by atoms with E-state index in [4.69, 9.17) is 18.9 Å². The van der Waals surface area contributed by atoms with Crippen LogP contribution in [-0.2, 0) is 28.5 Å². The number of nitrogens with zero attached hydrogens (tertiary/aromatic N) is 1. The maximum absolute atomic E-state index is 13.1. The van der Waals surface area contributed by atoms with Crippen LogP contribution in [0.15, 0.2) is 36.0 Å². The molecule has 0 radical (unpaired) electrons. The highest BCUT2D eigenvalue weighted by atomic mass is 16.7. The van der Waals surface area contributed by atoms with E-state index in [-0.39, 0.29) is 37.7 Å². The fourth-order valence-corrected chi connectivity index (χ4v) is 7.27. The summed E-state index contributed by atoms with van der Waals surface area (Å²) in [4.78, 5) is 40.5. The summed E-state index contributed by atoms with van der Waals surface area (Å²) in [6.45, 7) is 8.91. The summed E-state index contributed by atoms with van der Waals surface area (Å²) in [5, 5.41) is 0. The molecular weight excluding hydrogens is 715 g/mol. The molecule has 0 bridgehead atoms. The summed E-state index contributed by atoms with van der Waals surface area (Å²) in [5.41, 5.74) is 1.15. The Kier molecular flexibility index (Phi) is 35.8. The number of hydrogen-bond donors (Lipinski definition) is 0. The molecule has 1 rings (SSSR count). The minimum absolute atomic E-state index is 0.00607. The minimum atomic E-state index is -0.740. The predicted molar refractivity (Wildman–Crippen MR) is 236 cm³/mol. The molecule has 0 aliphatic carbocycles. The monoisotopic (exact) mass is 802 g/mol. The number of hydrogen-bond acceptors (Lipinski definition) is 8. The van der Waals surface area contributed by atoms with Crippen LogP contribution >= 0.6 is 0 Å². The fourth-order valence-electron chi connectivity index (χ4n) is 7.27. The van der Waals surface area contributed by atoms with Crippen molar-refractivity contribution in [1.82, 2.24) is 4.90 Å². The third-order valence-electron chi connectivity index (χ3n) is 10.9. The van der Waals surface area contributed by atoms with Crippen LogP contribution in [0.4, 0.5) is 4.79 Å². The molecule has 0 aromatic carbocycles. The van der Waals surface area contributed by atoms with Gasteiger partial charge >= 0.3 is 18.1 Å². The van der Waals surface area contributed by atoms with Crippen LogP contribution in [0.3, 0.4) is 0 Å². The first-order chi connectivity index (χ1) is 27.9. The van der Waals surface area contributed by atoms with Crippen LogP contribution < -0.4 is 0 Å². The lowest BCUT2D eigenvalue weighted by atomic mass is 9.99.